The first kappa shape index (κ1) is 19.4. The average molecular weight is 370 g/mol. The van der Waals surface area contributed by atoms with E-state index in [1.807, 2.05) is 0 Å². The van der Waals surface area contributed by atoms with Crippen molar-refractivity contribution in [2.75, 3.05) is 19.0 Å². The number of rotatable bonds is 7. The number of alkyl halides is 2. The van der Waals surface area contributed by atoms with Gasteiger partial charge in [-0.25, -0.2) is 9.18 Å². The number of urea groups is 1. The summed E-state index contributed by atoms with van der Waals surface area (Å²) in [7, 11) is 1.29. The van der Waals surface area contributed by atoms with Gasteiger partial charge in [-0.3, -0.25) is 0 Å². The van der Waals surface area contributed by atoms with Crippen molar-refractivity contribution in [2.45, 2.75) is 12.7 Å². The molecule has 2 aromatic carbocycles. The van der Waals surface area contributed by atoms with Crippen LogP contribution < -0.4 is 20.1 Å². The zero-order chi connectivity index (χ0) is 19.1. The van der Waals surface area contributed by atoms with Crippen LogP contribution in [0, 0.1) is 5.82 Å². The Morgan fingerprint density at radius 3 is 2.62 bits per heavy atom. The lowest BCUT2D eigenvalue weighted by atomic mass is 10.1. The van der Waals surface area contributed by atoms with Crippen LogP contribution in [0.2, 0.25) is 0 Å². The Balaban J connectivity index is 1.95. The Labute approximate surface area is 147 Å². The third-order valence-electron chi connectivity index (χ3n) is 3.33. The molecule has 0 fully saturated rings. The lowest BCUT2D eigenvalue weighted by Gasteiger charge is -2.14. The van der Waals surface area contributed by atoms with Crippen LogP contribution in [-0.2, 0) is 0 Å². The fourth-order valence-electron chi connectivity index (χ4n) is 2.14. The number of carbonyl (C=O) groups excluding carboxylic acids is 1. The Hall–Kier alpha value is -2.94. The third kappa shape index (κ3) is 5.55. The van der Waals surface area contributed by atoms with Crippen LogP contribution in [0.4, 0.5) is 23.7 Å². The zero-order valence-electron chi connectivity index (χ0n) is 13.7. The first-order valence-electron chi connectivity index (χ1n) is 7.50. The van der Waals surface area contributed by atoms with Crippen LogP contribution in [-0.4, -0.2) is 31.4 Å². The number of aliphatic hydroxyl groups is 1. The minimum Gasteiger partial charge on any atom is -0.493 e. The van der Waals surface area contributed by atoms with E-state index in [0.717, 1.165) is 6.07 Å². The molecule has 2 amide bonds. The molecule has 2 aromatic rings. The number of aliphatic hydroxyl groups excluding tert-OH is 1. The summed E-state index contributed by atoms with van der Waals surface area (Å²) < 4.78 is 47.1. The third-order valence-corrected chi connectivity index (χ3v) is 3.33. The summed E-state index contributed by atoms with van der Waals surface area (Å²) >= 11 is 0. The molecule has 0 saturated heterocycles. The lowest BCUT2D eigenvalue weighted by Crippen LogP contribution is -2.32. The van der Waals surface area contributed by atoms with Gasteiger partial charge < -0.3 is 25.2 Å². The highest BCUT2D eigenvalue weighted by molar-refractivity contribution is 5.89. The highest BCUT2D eigenvalue weighted by atomic mass is 19.3. The maximum atomic E-state index is 13.1. The summed E-state index contributed by atoms with van der Waals surface area (Å²) in [6.07, 6.45) is -1.11. The zero-order valence-corrected chi connectivity index (χ0v) is 13.7. The van der Waals surface area contributed by atoms with Gasteiger partial charge in [-0.05, 0) is 29.8 Å². The van der Waals surface area contributed by atoms with Crippen molar-refractivity contribution in [3.05, 3.63) is 53.8 Å². The molecule has 0 aliphatic heterocycles. The monoisotopic (exact) mass is 370 g/mol. The summed E-state index contributed by atoms with van der Waals surface area (Å²) in [4.78, 5) is 11.9. The highest BCUT2D eigenvalue weighted by Crippen LogP contribution is 2.31. The van der Waals surface area contributed by atoms with E-state index in [1.54, 1.807) is 0 Å². The van der Waals surface area contributed by atoms with Gasteiger partial charge in [0.15, 0.2) is 11.5 Å². The number of hydrogen-bond acceptors (Lipinski definition) is 4. The molecule has 0 spiro atoms. The summed E-state index contributed by atoms with van der Waals surface area (Å²) in [6, 6.07) is 8.62. The van der Waals surface area contributed by atoms with Gasteiger partial charge in [0, 0.05) is 18.3 Å². The summed E-state index contributed by atoms with van der Waals surface area (Å²) in [5, 5.41) is 14.7. The second kappa shape index (κ2) is 8.95. The number of ether oxygens (including phenoxy) is 2. The minimum absolute atomic E-state index is 0.0813. The topological polar surface area (TPSA) is 79.8 Å². The van der Waals surface area contributed by atoms with Gasteiger partial charge in [0.1, 0.15) is 5.82 Å². The Morgan fingerprint density at radius 2 is 1.96 bits per heavy atom. The number of hydrogen-bond donors (Lipinski definition) is 3. The number of halogens is 3. The van der Waals surface area contributed by atoms with Gasteiger partial charge in [-0.1, -0.05) is 12.1 Å². The molecule has 6 nitrogen and oxygen atoms in total. The molecule has 0 bridgehead atoms. The fourth-order valence-corrected chi connectivity index (χ4v) is 2.14. The first-order valence-corrected chi connectivity index (χ1v) is 7.50. The molecular formula is C17H17F3N2O4. The van der Waals surface area contributed by atoms with Crippen molar-refractivity contribution in [3.8, 4) is 11.5 Å². The number of carbonyl (C=O) groups is 1. The van der Waals surface area contributed by atoms with E-state index in [2.05, 4.69) is 15.4 Å². The standard InChI is InChI=1S/C17H17F3N2O4/c1-25-14-6-5-12(8-15(14)26-16(19)20)22-17(24)21-9-13(23)10-3-2-4-11(18)7-10/h2-8,13,16,23H,9H2,1H3,(H2,21,22,24). The van der Waals surface area contributed by atoms with Crippen molar-refractivity contribution in [1.29, 1.82) is 0 Å². The second-order valence-electron chi connectivity index (χ2n) is 5.15. The maximum absolute atomic E-state index is 13.1. The summed E-state index contributed by atoms with van der Waals surface area (Å²) in [5.74, 6) is -0.659. The highest BCUT2D eigenvalue weighted by Gasteiger charge is 2.14. The molecule has 140 valence electrons. The molecule has 0 aliphatic rings. The molecule has 0 radical (unpaired) electrons. The molecule has 0 aliphatic carbocycles. The first-order chi connectivity index (χ1) is 12.4. The van der Waals surface area contributed by atoms with E-state index in [1.165, 1.54) is 43.5 Å². The lowest BCUT2D eigenvalue weighted by molar-refractivity contribution is -0.0511. The van der Waals surface area contributed by atoms with Crippen LogP contribution in [0.1, 0.15) is 11.7 Å². The van der Waals surface area contributed by atoms with E-state index in [0.29, 0.717) is 5.56 Å². The average Bonchev–Trinajstić information content (AvgIpc) is 2.59. The van der Waals surface area contributed by atoms with Gasteiger partial charge in [-0.2, -0.15) is 8.78 Å². The Morgan fingerprint density at radius 1 is 1.19 bits per heavy atom. The molecule has 0 saturated carbocycles. The second-order valence-corrected chi connectivity index (χ2v) is 5.15. The molecule has 9 heteroatoms. The van der Waals surface area contributed by atoms with E-state index in [-0.39, 0.29) is 23.7 Å². The maximum Gasteiger partial charge on any atom is 0.387 e. The van der Waals surface area contributed by atoms with E-state index in [9.17, 15) is 23.1 Å². The summed E-state index contributed by atoms with van der Waals surface area (Å²) in [6.45, 7) is -3.22. The normalized spacial score (nSPS) is 11.8. The molecule has 0 aromatic heterocycles. The van der Waals surface area contributed by atoms with Crippen molar-refractivity contribution in [1.82, 2.24) is 5.32 Å². The number of amides is 2. The molecule has 26 heavy (non-hydrogen) atoms. The van der Waals surface area contributed by atoms with Gasteiger partial charge in [0.2, 0.25) is 0 Å². The van der Waals surface area contributed by atoms with Gasteiger partial charge >= 0.3 is 12.6 Å². The van der Waals surface area contributed by atoms with Crippen LogP contribution in [0.5, 0.6) is 11.5 Å². The number of nitrogens with one attached hydrogen (secondary N) is 2. The number of methoxy groups -OCH3 is 1. The van der Waals surface area contributed by atoms with Crippen LogP contribution in [0.15, 0.2) is 42.5 Å². The molecule has 3 N–H and O–H groups in total. The quantitative estimate of drug-likeness (QED) is 0.699. The van der Waals surface area contributed by atoms with E-state index < -0.39 is 24.6 Å². The van der Waals surface area contributed by atoms with Crippen molar-refractivity contribution in [3.63, 3.8) is 0 Å². The van der Waals surface area contributed by atoms with Crippen molar-refractivity contribution in [2.24, 2.45) is 0 Å². The van der Waals surface area contributed by atoms with Crippen molar-refractivity contribution >= 4 is 11.7 Å². The number of benzene rings is 2. The minimum atomic E-state index is -3.05. The predicted molar refractivity (Wildman–Crippen MR) is 88.0 cm³/mol. The largest absolute Gasteiger partial charge is 0.493 e. The van der Waals surface area contributed by atoms with Gasteiger partial charge in [0.05, 0.1) is 13.2 Å². The number of anilines is 1. The smallest absolute Gasteiger partial charge is 0.387 e. The van der Waals surface area contributed by atoms with Crippen LogP contribution >= 0.6 is 0 Å². The predicted octanol–water partition coefficient (Wildman–Crippen LogP) is 3.29. The SMILES string of the molecule is COc1ccc(NC(=O)NCC(O)c2cccc(F)c2)cc1OC(F)F. The molecule has 1 unspecified atom stereocenters. The molecule has 2 rings (SSSR count). The van der Waals surface area contributed by atoms with E-state index in [4.69, 9.17) is 4.74 Å². The molecule has 0 heterocycles. The molecular weight excluding hydrogens is 353 g/mol. The van der Waals surface area contributed by atoms with Crippen molar-refractivity contribution < 1.29 is 32.5 Å². The fraction of sp³-hybridized carbons (Fsp3) is 0.235. The van der Waals surface area contributed by atoms with Crippen LogP contribution in [0.3, 0.4) is 0 Å². The summed E-state index contributed by atoms with van der Waals surface area (Å²) in [5.41, 5.74) is 0.488. The Kier molecular flexibility index (Phi) is 6.67. The van der Waals surface area contributed by atoms with E-state index >= 15 is 0 Å². The van der Waals surface area contributed by atoms with Crippen LogP contribution in [0.25, 0.3) is 0 Å². The van der Waals surface area contributed by atoms with Gasteiger partial charge in [-0.15, -0.1) is 0 Å². The van der Waals surface area contributed by atoms with Gasteiger partial charge in [0.25, 0.3) is 0 Å². The molecule has 1 atom stereocenters. The Bertz CT molecular complexity index is 759.